The van der Waals surface area contributed by atoms with Gasteiger partial charge in [-0.25, -0.2) is 13.2 Å². The summed E-state index contributed by atoms with van der Waals surface area (Å²) in [6, 6.07) is 0. The molecular weight excluding hydrogens is 366 g/mol. The summed E-state index contributed by atoms with van der Waals surface area (Å²) in [5.74, 6) is -0.475. The average molecular weight is 382 g/mol. The van der Waals surface area contributed by atoms with Gasteiger partial charge in [-0.3, -0.25) is 4.72 Å². The predicted octanol–water partition coefficient (Wildman–Crippen LogP) is 2.90. The van der Waals surface area contributed by atoms with Crippen molar-refractivity contribution in [2.75, 3.05) is 16.5 Å². The molecule has 1 aliphatic carbocycles. The van der Waals surface area contributed by atoms with Gasteiger partial charge in [0.15, 0.2) is 0 Å². The van der Waals surface area contributed by atoms with Gasteiger partial charge >= 0.3 is 5.97 Å². The molecular formula is C12H16BrNO4S2. The van der Waals surface area contributed by atoms with Crippen LogP contribution in [0.2, 0.25) is 0 Å². The third-order valence-electron chi connectivity index (χ3n) is 3.20. The third-order valence-corrected chi connectivity index (χ3v) is 7.15. The van der Waals surface area contributed by atoms with Crippen LogP contribution in [0.15, 0.2) is 0 Å². The summed E-state index contributed by atoms with van der Waals surface area (Å²) in [6.07, 6.45) is 4.90. The first-order valence-electron chi connectivity index (χ1n) is 6.28. The molecule has 1 aliphatic rings. The van der Waals surface area contributed by atoms with E-state index in [0.717, 1.165) is 42.5 Å². The number of methoxy groups -OCH3 is 1. The van der Waals surface area contributed by atoms with Gasteiger partial charge < -0.3 is 4.74 Å². The van der Waals surface area contributed by atoms with Crippen LogP contribution in [0.3, 0.4) is 0 Å². The lowest BCUT2D eigenvalue weighted by molar-refractivity contribution is 0.0601. The lowest BCUT2D eigenvalue weighted by atomic mass is 10.1. The minimum atomic E-state index is -3.48. The van der Waals surface area contributed by atoms with Gasteiger partial charge in [-0.15, -0.1) is 11.3 Å². The number of ether oxygens (including phenoxy) is 1. The summed E-state index contributed by atoms with van der Waals surface area (Å²) in [7, 11) is -2.16. The number of anilines is 1. The van der Waals surface area contributed by atoms with E-state index in [9.17, 15) is 13.2 Å². The van der Waals surface area contributed by atoms with Crippen molar-refractivity contribution in [2.24, 2.45) is 0 Å². The molecule has 1 aromatic rings. The smallest absolute Gasteiger partial charge is 0.341 e. The van der Waals surface area contributed by atoms with Gasteiger partial charge in [0.1, 0.15) is 9.66 Å². The fourth-order valence-electron chi connectivity index (χ4n) is 2.30. The second-order valence-corrected chi connectivity index (χ2v) is 8.72. The highest BCUT2D eigenvalue weighted by Crippen LogP contribution is 2.38. The lowest BCUT2D eigenvalue weighted by Crippen LogP contribution is -2.15. The highest BCUT2D eigenvalue weighted by atomic mass is 79.9. The molecule has 0 spiro atoms. The Morgan fingerprint density at radius 2 is 2.05 bits per heavy atom. The summed E-state index contributed by atoms with van der Waals surface area (Å²) in [5, 5.41) is 0.378. The Morgan fingerprint density at radius 1 is 1.35 bits per heavy atom. The van der Waals surface area contributed by atoms with Crippen LogP contribution < -0.4 is 4.72 Å². The molecule has 1 aromatic heterocycles. The molecule has 1 N–H and O–H groups in total. The molecule has 112 valence electrons. The Balaban J connectivity index is 2.48. The second kappa shape index (κ2) is 6.44. The maximum atomic E-state index is 12.0. The minimum Gasteiger partial charge on any atom is -0.465 e. The van der Waals surface area contributed by atoms with Crippen LogP contribution in [0.1, 0.15) is 40.1 Å². The molecule has 0 aromatic carbocycles. The van der Waals surface area contributed by atoms with Crippen molar-refractivity contribution >= 4 is 48.3 Å². The number of thiophene rings is 1. The maximum absolute atomic E-state index is 12.0. The quantitative estimate of drug-likeness (QED) is 0.494. The van der Waals surface area contributed by atoms with Gasteiger partial charge in [0.05, 0.1) is 12.7 Å². The molecule has 2 rings (SSSR count). The van der Waals surface area contributed by atoms with E-state index in [2.05, 4.69) is 20.7 Å². The lowest BCUT2D eigenvalue weighted by Gasteiger charge is -2.07. The van der Waals surface area contributed by atoms with Crippen molar-refractivity contribution < 1.29 is 17.9 Å². The van der Waals surface area contributed by atoms with E-state index in [1.54, 1.807) is 0 Å². The Kier molecular flexibility index (Phi) is 5.09. The van der Waals surface area contributed by atoms with Crippen molar-refractivity contribution in [1.82, 2.24) is 0 Å². The van der Waals surface area contributed by atoms with E-state index in [4.69, 9.17) is 4.74 Å². The topological polar surface area (TPSA) is 72.5 Å². The second-order valence-electron chi connectivity index (χ2n) is 4.59. The summed E-state index contributed by atoms with van der Waals surface area (Å²) in [6.45, 7) is 0. The Hall–Kier alpha value is -0.600. The van der Waals surface area contributed by atoms with Crippen molar-refractivity contribution in [1.29, 1.82) is 0 Å². The zero-order chi connectivity index (χ0) is 14.8. The maximum Gasteiger partial charge on any atom is 0.341 e. The highest BCUT2D eigenvalue weighted by Gasteiger charge is 2.27. The van der Waals surface area contributed by atoms with Crippen molar-refractivity contribution in [3.63, 3.8) is 0 Å². The molecule has 1 heterocycles. The number of hydrogen-bond acceptors (Lipinski definition) is 5. The van der Waals surface area contributed by atoms with Gasteiger partial charge in [-0.1, -0.05) is 22.4 Å². The fourth-order valence-corrected chi connectivity index (χ4v) is 4.76. The number of carbonyl (C=O) groups is 1. The first kappa shape index (κ1) is 15.8. The zero-order valence-corrected chi connectivity index (χ0v) is 14.3. The van der Waals surface area contributed by atoms with E-state index in [-0.39, 0.29) is 4.66 Å². The summed E-state index contributed by atoms with van der Waals surface area (Å²) in [5.41, 5.74) is 1.34. The normalized spacial score (nSPS) is 15.3. The van der Waals surface area contributed by atoms with Gasteiger partial charge in [0, 0.05) is 4.88 Å². The van der Waals surface area contributed by atoms with E-state index >= 15 is 0 Å². The summed E-state index contributed by atoms with van der Waals surface area (Å²) in [4.78, 5) is 13.1. The van der Waals surface area contributed by atoms with E-state index in [0.29, 0.717) is 10.6 Å². The number of alkyl halides is 1. The number of esters is 1. The third kappa shape index (κ3) is 3.35. The molecule has 0 bridgehead atoms. The van der Waals surface area contributed by atoms with Crippen LogP contribution in [0, 0.1) is 0 Å². The number of halogens is 1. The van der Waals surface area contributed by atoms with Crippen LogP contribution in [0.5, 0.6) is 0 Å². The zero-order valence-electron chi connectivity index (χ0n) is 11.1. The van der Waals surface area contributed by atoms with Gasteiger partial charge in [-0.2, -0.15) is 0 Å². The molecule has 0 unspecified atom stereocenters. The molecule has 0 atom stereocenters. The van der Waals surface area contributed by atoms with Crippen LogP contribution in [-0.4, -0.2) is 26.2 Å². The van der Waals surface area contributed by atoms with Crippen molar-refractivity contribution in [3.8, 4) is 0 Å². The number of rotatable bonds is 4. The number of aryl methyl sites for hydroxylation is 1. The Labute approximate surface area is 130 Å². The predicted molar refractivity (Wildman–Crippen MR) is 83.3 cm³/mol. The minimum absolute atomic E-state index is 0.205. The average Bonchev–Trinajstić information content (AvgIpc) is 2.60. The molecule has 0 radical (unpaired) electrons. The van der Waals surface area contributed by atoms with Gasteiger partial charge in [-0.05, 0) is 31.2 Å². The van der Waals surface area contributed by atoms with Gasteiger partial charge in [0.2, 0.25) is 10.0 Å². The molecule has 20 heavy (non-hydrogen) atoms. The highest BCUT2D eigenvalue weighted by molar-refractivity contribution is 9.10. The van der Waals surface area contributed by atoms with Crippen LogP contribution >= 0.6 is 27.3 Å². The largest absolute Gasteiger partial charge is 0.465 e. The molecule has 8 heteroatoms. The summed E-state index contributed by atoms with van der Waals surface area (Å²) >= 11 is 4.28. The standard InChI is InChI=1S/C12H16BrNO4S2/c1-18-12(15)10-8-5-3-2-4-6-9(8)19-11(10)14-20(16,17)7-13/h14H,2-7H2,1H3. The first-order valence-corrected chi connectivity index (χ1v) is 9.87. The van der Waals surface area contributed by atoms with Crippen LogP contribution in [-0.2, 0) is 27.6 Å². The molecule has 0 saturated heterocycles. The number of nitrogens with one attached hydrogen (secondary N) is 1. The molecule has 5 nitrogen and oxygen atoms in total. The van der Waals surface area contributed by atoms with Gasteiger partial charge in [0.25, 0.3) is 0 Å². The monoisotopic (exact) mass is 381 g/mol. The van der Waals surface area contributed by atoms with E-state index in [1.165, 1.54) is 18.4 Å². The van der Waals surface area contributed by atoms with Crippen LogP contribution in [0.25, 0.3) is 0 Å². The Morgan fingerprint density at radius 3 is 2.70 bits per heavy atom. The van der Waals surface area contributed by atoms with Crippen molar-refractivity contribution in [2.45, 2.75) is 32.1 Å². The molecule has 0 amide bonds. The molecule has 0 aliphatic heterocycles. The fraction of sp³-hybridized carbons (Fsp3) is 0.583. The number of carbonyl (C=O) groups excluding carboxylic acids is 1. The van der Waals surface area contributed by atoms with Crippen molar-refractivity contribution in [3.05, 3.63) is 16.0 Å². The SMILES string of the molecule is COC(=O)c1c(NS(=O)(=O)CBr)sc2c1CCCCC2. The Bertz CT molecular complexity index is 609. The molecule has 0 saturated carbocycles. The summed E-state index contributed by atoms with van der Waals surface area (Å²) < 4.78 is 30.5. The van der Waals surface area contributed by atoms with E-state index in [1.807, 2.05) is 0 Å². The van der Waals surface area contributed by atoms with Crippen LogP contribution in [0.4, 0.5) is 5.00 Å². The van der Waals surface area contributed by atoms with E-state index < -0.39 is 16.0 Å². The molecule has 0 fully saturated rings. The number of fused-ring (bicyclic) bond motifs is 1. The number of sulfonamides is 1. The number of hydrogen-bond donors (Lipinski definition) is 1. The first-order chi connectivity index (χ1) is 9.48.